The minimum absolute atomic E-state index is 0.637. The fourth-order valence-electron chi connectivity index (χ4n) is 12.4. The highest BCUT2D eigenvalue weighted by molar-refractivity contribution is 14.1. The van der Waals surface area contributed by atoms with Crippen molar-refractivity contribution in [3.05, 3.63) is 331 Å². The molecule has 0 saturated carbocycles. The lowest BCUT2D eigenvalue weighted by molar-refractivity contribution is 1.07. The van der Waals surface area contributed by atoms with Crippen LogP contribution in [0.2, 0.25) is 0 Å². The Balaban J connectivity index is 0.000000134. The van der Waals surface area contributed by atoms with Crippen LogP contribution in [0.4, 0.5) is 0 Å². The lowest BCUT2D eigenvalue weighted by Crippen LogP contribution is -2.01. The van der Waals surface area contributed by atoms with E-state index >= 15 is 0 Å². The Morgan fingerprint density at radius 2 is 0.634 bits per heavy atom. The van der Waals surface area contributed by atoms with Crippen molar-refractivity contribution in [3.63, 3.8) is 0 Å². The molecule has 11 heteroatoms. The smallest absolute Gasteiger partial charge is 0.164 e. The Morgan fingerprint density at radius 3 is 1.12 bits per heavy atom. The first-order chi connectivity index (χ1) is 46.0. The first-order valence-electron chi connectivity index (χ1n) is 30.8. The number of halogens is 1. The Morgan fingerprint density at radius 1 is 0.258 bits per heavy atom. The molecule has 1 N–H and O–H groups in total. The number of fused-ring (bicyclic) bond motifs is 10. The number of para-hydroxylation sites is 3. The van der Waals surface area contributed by atoms with E-state index in [4.69, 9.17) is 29.9 Å². The highest BCUT2D eigenvalue weighted by atomic mass is 127. The lowest BCUT2D eigenvalue weighted by Gasteiger charge is -2.11. The molecule has 0 amide bonds. The molecule has 0 radical (unpaired) electrons. The van der Waals surface area contributed by atoms with Gasteiger partial charge in [0.05, 0.1) is 27.6 Å². The maximum absolute atomic E-state index is 4.96. The number of hydrogen-bond acceptors (Lipinski definition) is 6. The van der Waals surface area contributed by atoms with Crippen LogP contribution in [0.3, 0.4) is 0 Å². The number of hydrogen-bond donors (Lipinski definition) is 1. The molecule has 440 valence electrons. The average Bonchev–Trinajstić information content (AvgIpc) is 1.59. The third-order valence-electron chi connectivity index (χ3n) is 16.8. The summed E-state index contributed by atoms with van der Waals surface area (Å²) >= 11 is 2.28. The van der Waals surface area contributed by atoms with Crippen LogP contribution in [0, 0.1) is 3.57 Å². The van der Waals surface area contributed by atoms with Crippen molar-refractivity contribution in [3.8, 4) is 85.4 Å². The molecule has 18 rings (SSSR count). The molecule has 0 unspecified atom stereocenters. The molecular weight excluding hydrogens is 1250 g/mol. The molecule has 6 aromatic heterocycles. The highest BCUT2D eigenvalue weighted by Crippen LogP contribution is 2.39. The summed E-state index contributed by atoms with van der Waals surface area (Å²) in [6, 6.07) is 108. The van der Waals surface area contributed by atoms with Crippen molar-refractivity contribution in [1.29, 1.82) is 0 Å². The first-order valence-corrected chi connectivity index (χ1v) is 31.9. The molecule has 12 aromatic carbocycles. The molecule has 93 heavy (non-hydrogen) atoms. The van der Waals surface area contributed by atoms with E-state index in [0.29, 0.717) is 34.9 Å². The molecule has 0 fully saturated rings. The van der Waals surface area contributed by atoms with Crippen LogP contribution in [-0.2, 0) is 0 Å². The molecule has 0 atom stereocenters. The molecule has 0 bridgehead atoms. The van der Waals surface area contributed by atoms with Crippen LogP contribution in [0.5, 0.6) is 0 Å². The Hall–Kier alpha value is -11.9. The van der Waals surface area contributed by atoms with Crippen LogP contribution in [0.25, 0.3) is 151 Å². The lowest BCUT2D eigenvalue weighted by atomic mass is 10.1. The number of H-pyrrole nitrogens is 1. The number of rotatable bonds is 9. The van der Waals surface area contributed by atoms with Crippen molar-refractivity contribution in [1.82, 2.24) is 48.6 Å². The Bertz CT molecular complexity index is 5580. The van der Waals surface area contributed by atoms with Crippen LogP contribution in [0.15, 0.2) is 328 Å². The van der Waals surface area contributed by atoms with Gasteiger partial charge in [0.2, 0.25) is 0 Å². The number of nitrogens with one attached hydrogen (secondary N) is 1. The van der Waals surface area contributed by atoms with E-state index in [2.05, 4.69) is 230 Å². The molecule has 0 spiro atoms. The molecular formula is C82H55IN10. The fraction of sp³-hybridized carbons (Fsp3) is 0. The molecule has 0 aliphatic heterocycles. The summed E-state index contributed by atoms with van der Waals surface area (Å²) in [5.41, 5.74) is 15.9. The van der Waals surface area contributed by atoms with Gasteiger partial charge in [-0.3, -0.25) is 0 Å². The van der Waals surface area contributed by atoms with Gasteiger partial charge in [0, 0.05) is 104 Å². The van der Waals surface area contributed by atoms with Gasteiger partial charge in [-0.2, -0.15) is 0 Å². The van der Waals surface area contributed by atoms with Gasteiger partial charge in [0.15, 0.2) is 34.9 Å². The quantitative estimate of drug-likeness (QED) is 0.144. The van der Waals surface area contributed by atoms with Gasteiger partial charge in [-0.1, -0.05) is 231 Å². The second kappa shape index (κ2) is 24.8. The van der Waals surface area contributed by atoms with Crippen LogP contribution < -0.4 is 0 Å². The Labute approximate surface area is 549 Å². The summed E-state index contributed by atoms with van der Waals surface area (Å²) in [7, 11) is 0. The monoisotopic (exact) mass is 1310 g/mol. The number of nitrogens with zero attached hydrogens (tertiary/aromatic N) is 9. The van der Waals surface area contributed by atoms with Crippen LogP contribution >= 0.6 is 22.6 Å². The van der Waals surface area contributed by atoms with Crippen LogP contribution in [0.1, 0.15) is 0 Å². The van der Waals surface area contributed by atoms with E-state index in [-0.39, 0.29) is 0 Å². The SMILES string of the molecule is Ic1ccccc1.c1ccc(-c2nc(-c3ccccc3)nc(-c3cccc(-n4ccc5c4ccc4c6ccccc6n(-c6ccccc6)c45)c3)n2)cc1.c1ccc(-c2nc(-c3ccccc3)nc(-c3cccc(-n4ccc5c6[nH]c7ccccc7c6ccc54)c3)n2)cc1. The summed E-state index contributed by atoms with van der Waals surface area (Å²) in [5, 5.41) is 7.36. The largest absolute Gasteiger partial charge is 0.354 e. The predicted molar refractivity (Wildman–Crippen MR) is 389 cm³/mol. The second-order valence-electron chi connectivity index (χ2n) is 22.5. The predicted octanol–water partition coefficient (Wildman–Crippen LogP) is 20.7. The molecule has 0 aliphatic carbocycles. The van der Waals surface area contributed by atoms with Gasteiger partial charge in [-0.25, -0.2) is 29.9 Å². The fourth-order valence-corrected chi connectivity index (χ4v) is 12.8. The molecule has 0 saturated heterocycles. The second-order valence-corrected chi connectivity index (χ2v) is 23.8. The maximum Gasteiger partial charge on any atom is 0.164 e. The topological polar surface area (TPSA) is 108 Å². The highest BCUT2D eigenvalue weighted by Gasteiger charge is 2.20. The zero-order chi connectivity index (χ0) is 62.0. The first kappa shape index (κ1) is 56.3. The third kappa shape index (κ3) is 11.1. The standard InChI is InChI=1S/C41H27N5.C35H23N5.C6H5I/c1-4-13-28(14-5-1)39-42-40(29-15-6-2-7-16-29)44-41(43-39)30-17-12-20-32(27-30)45-26-25-35-36(45)24-23-34-33-21-10-11-22-37(33)46(38(34)35)31-18-8-3-9-19-31;1-3-10-23(11-4-1)33-37-34(24-12-5-2-6-13-24)39-35(38-33)25-14-9-15-26(22-25)40-21-20-29-31(40)19-18-28-27-16-7-8-17-30(27)36-32(28)29;7-6-4-2-1-3-5-6/h1-27H;1-22,36H;1-5H. The van der Waals surface area contributed by atoms with Gasteiger partial charge >= 0.3 is 0 Å². The molecule has 6 heterocycles. The van der Waals surface area contributed by atoms with E-state index < -0.39 is 0 Å². The van der Waals surface area contributed by atoms with E-state index in [1.807, 2.05) is 140 Å². The zero-order valence-electron chi connectivity index (χ0n) is 50.1. The zero-order valence-corrected chi connectivity index (χ0v) is 52.2. The van der Waals surface area contributed by atoms with Gasteiger partial charge in [-0.05, 0) is 108 Å². The van der Waals surface area contributed by atoms with Gasteiger partial charge in [0.25, 0.3) is 0 Å². The molecule has 18 aromatic rings. The summed E-state index contributed by atoms with van der Waals surface area (Å²) in [6.45, 7) is 0. The van der Waals surface area contributed by atoms with E-state index in [1.54, 1.807) is 0 Å². The summed E-state index contributed by atoms with van der Waals surface area (Å²) < 4.78 is 8.15. The normalized spacial score (nSPS) is 11.3. The minimum atomic E-state index is 0.637. The average molecular weight is 1310 g/mol. The molecule has 10 nitrogen and oxygen atoms in total. The van der Waals surface area contributed by atoms with Crippen molar-refractivity contribution in [2.24, 2.45) is 0 Å². The third-order valence-corrected chi connectivity index (χ3v) is 17.5. The summed E-state index contributed by atoms with van der Waals surface area (Å²) in [6.07, 6.45) is 4.29. The minimum Gasteiger partial charge on any atom is -0.354 e. The summed E-state index contributed by atoms with van der Waals surface area (Å²) in [5.74, 6) is 3.89. The van der Waals surface area contributed by atoms with Gasteiger partial charge < -0.3 is 18.7 Å². The van der Waals surface area contributed by atoms with Crippen molar-refractivity contribution in [2.75, 3.05) is 0 Å². The summed E-state index contributed by atoms with van der Waals surface area (Å²) in [4.78, 5) is 33.1. The van der Waals surface area contributed by atoms with E-state index in [1.165, 1.54) is 46.9 Å². The van der Waals surface area contributed by atoms with Crippen molar-refractivity contribution in [2.45, 2.75) is 0 Å². The molecule has 0 aliphatic rings. The van der Waals surface area contributed by atoms with Gasteiger partial charge in [0.1, 0.15) is 0 Å². The van der Waals surface area contributed by atoms with E-state index in [0.717, 1.165) is 72.5 Å². The number of benzene rings is 12. The Kier molecular flexibility index (Phi) is 15.0. The maximum atomic E-state index is 4.96. The van der Waals surface area contributed by atoms with E-state index in [9.17, 15) is 0 Å². The van der Waals surface area contributed by atoms with Crippen molar-refractivity contribution < 1.29 is 0 Å². The van der Waals surface area contributed by atoms with Crippen molar-refractivity contribution >= 4 is 88.0 Å². The number of aromatic nitrogens is 10. The van der Waals surface area contributed by atoms with Crippen LogP contribution in [-0.4, -0.2) is 48.6 Å². The number of aromatic amines is 1. The van der Waals surface area contributed by atoms with Gasteiger partial charge in [-0.15, -0.1) is 0 Å².